The van der Waals surface area contributed by atoms with Crippen LogP contribution in [0.5, 0.6) is 0 Å². The average Bonchev–Trinajstić information content (AvgIpc) is 2.48. The fraction of sp³-hybridized carbons (Fsp3) is 0.316. The van der Waals surface area contributed by atoms with Crippen LogP contribution in [0.1, 0.15) is 36.7 Å². The third-order valence-corrected chi connectivity index (χ3v) is 3.44. The standard InChI is InChI=1S/C19H22ClNO2/c1-19(2,3)23-18(22)16-6-4-5-7-17(16)21-13-12-14-8-10-15(20)11-9-14/h4-11,21H,12-13H2,1-3H3. The van der Waals surface area contributed by atoms with E-state index in [0.717, 1.165) is 23.7 Å². The van der Waals surface area contributed by atoms with Gasteiger partial charge in [0.1, 0.15) is 5.60 Å². The zero-order valence-electron chi connectivity index (χ0n) is 13.7. The van der Waals surface area contributed by atoms with E-state index in [9.17, 15) is 4.79 Å². The number of carbonyl (C=O) groups is 1. The van der Waals surface area contributed by atoms with Crippen LogP contribution in [0.4, 0.5) is 5.69 Å². The van der Waals surface area contributed by atoms with E-state index in [0.29, 0.717) is 5.56 Å². The molecule has 4 heteroatoms. The van der Waals surface area contributed by atoms with Crippen molar-refractivity contribution in [2.24, 2.45) is 0 Å². The molecule has 3 nitrogen and oxygen atoms in total. The fourth-order valence-corrected chi connectivity index (χ4v) is 2.27. The number of rotatable bonds is 5. The molecule has 0 saturated carbocycles. The van der Waals surface area contributed by atoms with E-state index >= 15 is 0 Å². The predicted molar refractivity (Wildman–Crippen MR) is 95.3 cm³/mol. The third kappa shape index (κ3) is 5.61. The highest BCUT2D eigenvalue weighted by molar-refractivity contribution is 6.30. The molecule has 0 unspecified atom stereocenters. The Morgan fingerprint density at radius 3 is 2.39 bits per heavy atom. The highest BCUT2D eigenvalue weighted by Gasteiger charge is 2.19. The van der Waals surface area contributed by atoms with Gasteiger partial charge in [0.15, 0.2) is 0 Å². The minimum Gasteiger partial charge on any atom is -0.456 e. The van der Waals surface area contributed by atoms with E-state index < -0.39 is 5.60 Å². The second-order valence-corrected chi connectivity index (χ2v) is 6.79. The summed E-state index contributed by atoms with van der Waals surface area (Å²) < 4.78 is 5.45. The Morgan fingerprint density at radius 2 is 1.74 bits per heavy atom. The van der Waals surface area contributed by atoms with Crippen LogP contribution in [-0.2, 0) is 11.2 Å². The molecule has 23 heavy (non-hydrogen) atoms. The van der Waals surface area contributed by atoms with E-state index in [1.807, 2.05) is 63.2 Å². The van der Waals surface area contributed by atoms with E-state index in [1.54, 1.807) is 6.07 Å². The van der Waals surface area contributed by atoms with Crippen LogP contribution in [0.25, 0.3) is 0 Å². The second-order valence-electron chi connectivity index (χ2n) is 6.35. The molecule has 0 heterocycles. The van der Waals surface area contributed by atoms with Gasteiger partial charge in [0, 0.05) is 17.3 Å². The molecule has 0 saturated heterocycles. The summed E-state index contributed by atoms with van der Waals surface area (Å²) in [6.07, 6.45) is 0.847. The van der Waals surface area contributed by atoms with Crippen LogP contribution >= 0.6 is 11.6 Å². The van der Waals surface area contributed by atoms with Gasteiger partial charge in [-0.3, -0.25) is 0 Å². The second kappa shape index (κ2) is 7.51. The van der Waals surface area contributed by atoms with Gasteiger partial charge in [-0.1, -0.05) is 35.9 Å². The SMILES string of the molecule is CC(C)(C)OC(=O)c1ccccc1NCCc1ccc(Cl)cc1. The molecule has 2 rings (SSSR count). The molecule has 0 aromatic heterocycles. The van der Waals surface area contributed by atoms with Crippen molar-refractivity contribution >= 4 is 23.3 Å². The Hall–Kier alpha value is -2.00. The number of anilines is 1. The number of benzene rings is 2. The number of ether oxygens (including phenoxy) is 1. The number of halogens is 1. The molecular formula is C19H22ClNO2. The van der Waals surface area contributed by atoms with Crippen molar-refractivity contribution in [1.82, 2.24) is 0 Å². The highest BCUT2D eigenvalue weighted by Crippen LogP contribution is 2.19. The maximum Gasteiger partial charge on any atom is 0.340 e. The Balaban J connectivity index is 2.00. The Morgan fingerprint density at radius 1 is 1.09 bits per heavy atom. The Kier molecular flexibility index (Phi) is 5.67. The van der Waals surface area contributed by atoms with Crippen molar-refractivity contribution in [3.05, 3.63) is 64.7 Å². The lowest BCUT2D eigenvalue weighted by Gasteiger charge is -2.20. The smallest absolute Gasteiger partial charge is 0.340 e. The first-order chi connectivity index (χ1) is 10.8. The normalized spacial score (nSPS) is 11.1. The summed E-state index contributed by atoms with van der Waals surface area (Å²) >= 11 is 5.88. The van der Waals surface area contributed by atoms with Gasteiger partial charge in [-0.2, -0.15) is 0 Å². The Labute approximate surface area is 142 Å². The molecule has 122 valence electrons. The van der Waals surface area contributed by atoms with Crippen molar-refractivity contribution in [2.45, 2.75) is 32.8 Å². The molecule has 1 N–H and O–H groups in total. The van der Waals surface area contributed by atoms with Crippen LogP contribution in [0.15, 0.2) is 48.5 Å². The lowest BCUT2D eigenvalue weighted by atomic mass is 10.1. The van der Waals surface area contributed by atoms with Gasteiger partial charge in [-0.05, 0) is 57.0 Å². The van der Waals surface area contributed by atoms with Crippen LogP contribution in [0.3, 0.4) is 0 Å². The van der Waals surface area contributed by atoms with Crippen molar-refractivity contribution < 1.29 is 9.53 Å². The summed E-state index contributed by atoms with van der Waals surface area (Å²) in [6.45, 7) is 6.31. The van der Waals surface area contributed by atoms with Gasteiger partial charge in [0.05, 0.1) is 5.56 Å². The highest BCUT2D eigenvalue weighted by atomic mass is 35.5. The number of hydrogen-bond donors (Lipinski definition) is 1. The topological polar surface area (TPSA) is 38.3 Å². The largest absolute Gasteiger partial charge is 0.456 e. The van der Waals surface area contributed by atoms with Crippen molar-refractivity contribution in [3.63, 3.8) is 0 Å². The number of nitrogens with one attached hydrogen (secondary N) is 1. The monoisotopic (exact) mass is 331 g/mol. The van der Waals surface area contributed by atoms with Crippen LogP contribution in [0.2, 0.25) is 5.02 Å². The maximum atomic E-state index is 12.3. The summed E-state index contributed by atoms with van der Waals surface area (Å²) in [5.41, 5.74) is 2.03. The van der Waals surface area contributed by atoms with Gasteiger partial charge >= 0.3 is 5.97 Å². The molecule has 0 spiro atoms. The maximum absolute atomic E-state index is 12.3. The molecule has 2 aromatic carbocycles. The zero-order chi connectivity index (χ0) is 16.9. The summed E-state index contributed by atoms with van der Waals surface area (Å²) in [5.74, 6) is -0.313. The first-order valence-electron chi connectivity index (χ1n) is 7.66. The predicted octanol–water partition coefficient (Wildman–Crippen LogP) is 4.95. The molecule has 0 bridgehead atoms. The third-order valence-electron chi connectivity index (χ3n) is 3.19. The fourth-order valence-electron chi connectivity index (χ4n) is 2.14. The zero-order valence-corrected chi connectivity index (χ0v) is 14.5. The molecular weight excluding hydrogens is 310 g/mol. The van der Waals surface area contributed by atoms with Crippen LogP contribution in [0, 0.1) is 0 Å². The Bertz CT molecular complexity index is 660. The number of para-hydroxylation sites is 1. The van der Waals surface area contributed by atoms with Gasteiger partial charge in [-0.25, -0.2) is 4.79 Å². The minimum absolute atomic E-state index is 0.313. The molecule has 0 aliphatic carbocycles. The molecule has 0 amide bonds. The first-order valence-corrected chi connectivity index (χ1v) is 8.04. The average molecular weight is 332 g/mol. The lowest BCUT2D eigenvalue weighted by Crippen LogP contribution is -2.24. The summed E-state index contributed by atoms with van der Waals surface area (Å²) in [6, 6.07) is 15.2. The van der Waals surface area contributed by atoms with Gasteiger partial charge in [0.25, 0.3) is 0 Å². The van der Waals surface area contributed by atoms with Crippen molar-refractivity contribution in [3.8, 4) is 0 Å². The van der Waals surface area contributed by atoms with E-state index in [1.165, 1.54) is 5.56 Å². The molecule has 0 fully saturated rings. The summed E-state index contributed by atoms with van der Waals surface area (Å²) in [4.78, 5) is 12.3. The summed E-state index contributed by atoms with van der Waals surface area (Å²) in [7, 11) is 0. The molecule has 0 atom stereocenters. The minimum atomic E-state index is -0.506. The molecule has 0 aliphatic rings. The summed E-state index contributed by atoms with van der Waals surface area (Å²) in [5, 5.41) is 4.04. The van der Waals surface area contributed by atoms with Crippen LogP contribution in [-0.4, -0.2) is 18.1 Å². The number of carbonyl (C=O) groups excluding carboxylic acids is 1. The lowest BCUT2D eigenvalue weighted by molar-refractivity contribution is 0.00707. The number of esters is 1. The van der Waals surface area contributed by atoms with Gasteiger partial charge in [0.2, 0.25) is 0 Å². The van der Waals surface area contributed by atoms with Crippen LogP contribution < -0.4 is 5.32 Å². The quantitative estimate of drug-likeness (QED) is 0.788. The molecule has 0 radical (unpaired) electrons. The first kappa shape index (κ1) is 17.4. The number of hydrogen-bond acceptors (Lipinski definition) is 3. The molecule has 2 aromatic rings. The van der Waals surface area contributed by atoms with Gasteiger partial charge < -0.3 is 10.1 Å². The van der Waals surface area contributed by atoms with E-state index in [4.69, 9.17) is 16.3 Å². The van der Waals surface area contributed by atoms with E-state index in [-0.39, 0.29) is 5.97 Å². The van der Waals surface area contributed by atoms with Crippen molar-refractivity contribution in [2.75, 3.05) is 11.9 Å². The van der Waals surface area contributed by atoms with Gasteiger partial charge in [-0.15, -0.1) is 0 Å². The molecule has 0 aliphatic heterocycles. The van der Waals surface area contributed by atoms with Crippen molar-refractivity contribution in [1.29, 1.82) is 0 Å². The van der Waals surface area contributed by atoms with E-state index in [2.05, 4.69) is 5.32 Å².